The Morgan fingerprint density at radius 1 is 1.11 bits per heavy atom. The van der Waals surface area contributed by atoms with Crippen molar-refractivity contribution in [2.24, 2.45) is 34.5 Å². The summed E-state index contributed by atoms with van der Waals surface area (Å²) in [6.07, 6.45) is 11.3. The summed E-state index contributed by atoms with van der Waals surface area (Å²) in [4.78, 5) is 12.8. The van der Waals surface area contributed by atoms with E-state index in [-0.39, 0.29) is 11.5 Å². The Kier molecular flexibility index (Phi) is 5.57. The quantitative estimate of drug-likeness (QED) is 0.473. The van der Waals surface area contributed by atoms with E-state index in [4.69, 9.17) is 0 Å². The molecule has 4 aliphatic carbocycles. The number of aliphatic hydroxyl groups excluding tert-OH is 1. The molecule has 0 spiro atoms. The number of ketones is 1. The van der Waals surface area contributed by atoms with Crippen LogP contribution in [0.1, 0.15) is 85.0 Å². The van der Waals surface area contributed by atoms with Crippen LogP contribution >= 0.6 is 11.8 Å². The molecule has 3 heteroatoms. The van der Waals surface area contributed by atoms with Gasteiger partial charge >= 0.3 is 0 Å². The molecule has 4 rings (SSSR count). The lowest BCUT2D eigenvalue weighted by molar-refractivity contribution is -0.134. The third kappa shape index (κ3) is 3.25. The maximum Gasteiger partial charge on any atom is 0.159 e. The van der Waals surface area contributed by atoms with Gasteiger partial charge < -0.3 is 5.11 Å². The van der Waals surface area contributed by atoms with Crippen molar-refractivity contribution in [3.63, 3.8) is 0 Å². The van der Waals surface area contributed by atoms with Gasteiger partial charge in [-0.1, -0.05) is 27.2 Å². The number of hydrogen-bond acceptors (Lipinski definition) is 3. The Morgan fingerprint density at radius 3 is 2.67 bits per heavy atom. The van der Waals surface area contributed by atoms with Crippen molar-refractivity contribution in [1.82, 2.24) is 0 Å². The highest BCUT2D eigenvalue weighted by Crippen LogP contribution is 2.66. The molecule has 0 aromatic rings. The number of allylic oxidation sites excluding steroid dienone is 1. The number of unbranched alkanes of at least 4 members (excludes halogenated alkanes) is 1. The predicted octanol–water partition coefficient (Wildman–Crippen LogP) is 5.99. The molecule has 4 fully saturated rings. The van der Waals surface area contributed by atoms with E-state index >= 15 is 0 Å². The molecule has 152 valence electrons. The molecule has 4 aliphatic rings. The van der Waals surface area contributed by atoms with Crippen molar-refractivity contribution in [2.45, 2.75) is 91.1 Å². The number of carbonyl (C=O) groups excluding carboxylic acids is 1. The predicted molar refractivity (Wildman–Crippen MR) is 114 cm³/mol. The topological polar surface area (TPSA) is 37.3 Å². The number of aliphatic hydroxyl groups is 1. The number of rotatable bonds is 4. The van der Waals surface area contributed by atoms with E-state index in [2.05, 4.69) is 26.2 Å². The lowest BCUT2D eigenvalue weighted by atomic mass is 9.45. The zero-order chi connectivity index (χ0) is 19.2. The number of Topliss-reactive ketones (excluding diaryl/α,β-unsaturated/α-hetero) is 1. The molecule has 7 unspecified atom stereocenters. The van der Waals surface area contributed by atoms with E-state index in [1.807, 2.05) is 11.8 Å². The van der Waals surface area contributed by atoms with Crippen molar-refractivity contribution in [3.05, 3.63) is 11.0 Å². The highest BCUT2D eigenvalue weighted by molar-refractivity contribution is 8.02. The highest BCUT2D eigenvalue weighted by atomic mass is 32.2. The Balaban J connectivity index is 1.55. The molecule has 0 saturated heterocycles. The van der Waals surface area contributed by atoms with Gasteiger partial charge in [-0.25, -0.2) is 0 Å². The second kappa shape index (κ2) is 7.52. The maximum absolute atomic E-state index is 12.8. The molecule has 4 saturated carbocycles. The molecule has 2 nitrogen and oxygen atoms in total. The summed E-state index contributed by atoms with van der Waals surface area (Å²) >= 11 is 1.85. The van der Waals surface area contributed by atoms with E-state index in [1.165, 1.54) is 44.9 Å². The van der Waals surface area contributed by atoms with Crippen LogP contribution in [-0.2, 0) is 4.79 Å². The Morgan fingerprint density at radius 2 is 1.89 bits per heavy atom. The lowest BCUT2D eigenvalue weighted by Gasteiger charge is -2.60. The normalized spacial score (nSPS) is 48.2. The van der Waals surface area contributed by atoms with E-state index in [0.29, 0.717) is 23.0 Å². The van der Waals surface area contributed by atoms with Crippen LogP contribution in [0.4, 0.5) is 0 Å². The van der Waals surface area contributed by atoms with Gasteiger partial charge in [-0.2, -0.15) is 0 Å². The third-order valence-electron chi connectivity index (χ3n) is 9.22. The van der Waals surface area contributed by atoms with E-state index in [1.54, 1.807) is 0 Å². The molecule has 0 amide bonds. The summed E-state index contributed by atoms with van der Waals surface area (Å²) in [6, 6.07) is 0. The number of fused-ring (bicyclic) bond motifs is 5. The van der Waals surface area contributed by atoms with Crippen LogP contribution in [0.25, 0.3) is 0 Å². The maximum atomic E-state index is 12.8. The Hall–Kier alpha value is -0.280. The van der Waals surface area contributed by atoms with Crippen LogP contribution in [0.3, 0.4) is 0 Å². The van der Waals surface area contributed by atoms with Gasteiger partial charge in [-0.05, 0) is 97.0 Å². The molecule has 0 bridgehead atoms. The average Bonchev–Trinajstić information content (AvgIpc) is 2.95. The van der Waals surface area contributed by atoms with Crippen LogP contribution in [0, 0.1) is 34.5 Å². The van der Waals surface area contributed by atoms with Crippen molar-refractivity contribution in [2.75, 3.05) is 5.75 Å². The molecule has 27 heavy (non-hydrogen) atoms. The zero-order valence-electron chi connectivity index (χ0n) is 17.5. The molecular formula is C24H38O2S. The molecule has 0 radical (unpaired) electrons. The molecular weight excluding hydrogens is 352 g/mol. The number of thioether (sulfide) groups is 1. The Bertz CT molecular complexity index is 614. The first kappa shape index (κ1) is 20.0. The van der Waals surface area contributed by atoms with Gasteiger partial charge in [-0.15, -0.1) is 11.8 Å². The van der Waals surface area contributed by atoms with Gasteiger partial charge in [0.2, 0.25) is 0 Å². The zero-order valence-corrected chi connectivity index (χ0v) is 18.3. The van der Waals surface area contributed by atoms with Crippen molar-refractivity contribution < 1.29 is 9.90 Å². The first-order chi connectivity index (χ1) is 12.9. The largest absolute Gasteiger partial charge is 0.393 e. The van der Waals surface area contributed by atoms with Crippen molar-refractivity contribution in [3.8, 4) is 0 Å². The average molecular weight is 391 g/mol. The standard InChI is InChI=1S/C24H38O2S/c1-4-5-12-27-15-16-14-24(3)17(13-21(16)25)6-7-18-19-8-9-22(26)23(19,2)11-10-20(18)24/h15,17-20,22,26H,4-14H2,1-3H3. The summed E-state index contributed by atoms with van der Waals surface area (Å²) in [7, 11) is 0. The molecule has 7 atom stereocenters. The minimum Gasteiger partial charge on any atom is -0.393 e. The van der Waals surface area contributed by atoms with Gasteiger partial charge in [0.25, 0.3) is 0 Å². The fourth-order valence-corrected chi connectivity index (χ4v) is 8.47. The van der Waals surface area contributed by atoms with E-state index < -0.39 is 0 Å². The SMILES string of the molecule is CCCCSC=C1CC2(C)C(CCC3C4CCC(O)C4(C)CCC32)CC1=O. The fourth-order valence-electron chi connectivity index (χ4n) is 7.48. The third-order valence-corrected chi connectivity index (χ3v) is 10.2. The molecule has 0 heterocycles. The molecule has 1 N–H and O–H groups in total. The van der Waals surface area contributed by atoms with Crippen LogP contribution in [0.5, 0.6) is 0 Å². The fraction of sp³-hybridized carbons (Fsp3) is 0.875. The van der Waals surface area contributed by atoms with Crippen molar-refractivity contribution >= 4 is 17.5 Å². The first-order valence-corrected chi connectivity index (χ1v) is 12.5. The summed E-state index contributed by atoms with van der Waals surface area (Å²) in [5, 5.41) is 12.8. The summed E-state index contributed by atoms with van der Waals surface area (Å²) in [5.74, 6) is 4.36. The summed E-state index contributed by atoms with van der Waals surface area (Å²) < 4.78 is 0. The van der Waals surface area contributed by atoms with Gasteiger partial charge in [0, 0.05) is 12.0 Å². The number of carbonyl (C=O) groups is 1. The number of hydrogen-bond donors (Lipinski definition) is 1. The molecule has 0 aromatic carbocycles. The molecule has 0 aliphatic heterocycles. The smallest absolute Gasteiger partial charge is 0.159 e. The van der Waals surface area contributed by atoms with Crippen LogP contribution in [-0.4, -0.2) is 22.7 Å². The van der Waals surface area contributed by atoms with Gasteiger partial charge in [0.05, 0.1) is 6.10 Å². The monoisotopic (exact) mass is 390 g/mol. The van der Waals surface area contributed by atoms with Crippen LogP contribution in [0.15, 0.2) is 11.0 Å². The van der Waals surface area contributed by atoms with Crippen LogP contribution in [0.2, 0.25) is 0 Å². The van der Waals surface area contributed by atoms with E-state index in [0.717, 1.165) is 42.4 Å². The van der Waals surface area contributed by atoms with Gasteiger partial charge in [0.1, 0.15) is 0 Å². The minimum absolute atomic E-state index is 0.0904. The highest BCUT2D eigenvalue weighted by Gasteiger charge is 2.60. The molecule has 0 aromatic heterocycles. The van der Waals surface area contributed by atoms with Crippen LogP contribution < -0.4 is 0 Å². The second-order valence-corrected chi connectivity index (χ2v) is 11.4. The lowest BCUT2D eigenvalue weighted by Crippen LogP contribution is -2.54. The summed E-state index contributed by atoms with van der Waals surface area (Å²) in [6.45, 7) is 7.10. The van der Waals surface area contributed by atoms with Crippen molar-refractivity contribution in [1.29, 1.82) is 0 Å². The van der Waals surface area contributed by atoms with Gasteiger partial charge in [-0.3, -0.25) is 4.79 Å². The first-order valence-electron chi connectivity index (χ1n) is 11.4. The second-order valence-electron chi connectivity index (χ2n) is 10.5. The Labute approximate surface area is 169 Å². The van der Waals surface area contributed by atoms with Gasteiger partial charge in [0.15, 0.2) is 5.78 Å². The minimum atomic E-state index is -0.0904. The van der Waals surface area contributed by atoms with E-state index in [9.17, 15) is 9.90 Å². The summed E-state index contributed by atoms with van der Waals surface area (Å²) in [5.41, 5.74) is 1.57.